The van der Waals surface area contributed by atoms with E-state index in [9.17, 15) is 4.39 Å². The monoisotopic (exact) mass is 297 g/mol. The molecular formula is C18H13ClFN. The van der Waals surface area contributed by atoms with Crippen LogP contribution in [0.25, 0.3) is 0 Å². The number of benzene rings is 3. The van der Waals surface area contributed by atoms with E-state index in [2.05, 4.69) is 0 Å². The van der Waals surface area contributed by atoms with Gasteiger partial charge in [-0.15, -0.1) is 0 Å². The number of halogens is 2. The summed E-state index contributed by atoms with van der Waals surface area (Å²) in [4.78, 5) is 1.87. The Kier molecular flexibility index (Phi) is 3.89. The second-order valence-corrected chi connectivity index (χ2v) is 5.04. The Morgan fingerprint density at radius 1 is 0.714 bits per heavy atom. The SMILES string of the molecule is Fc1cc(Cl)ccc1N(c1ccccc1)c1ccccc1. The quantitative estimate of drug-likeness (QED) is 0.577. The number of hydrogen-bond donors (Lipinski definition) is 0. The topological polar surface area (TPSA) is 3.24 Å². The number of nitrogens with zero attached hydrogens (tertiary/aromatic N) is 1. The largest absolute Gasteiger partial charge is 0.308 e. The summed E-state index contributed by atoms with van der Waals surface area (Å²) in [6.45, 7) is 0. The van der Waals surface area contributed by atoms with E-state index in [0.717, 1.165) is 11.4 Å². The molecule has 0 aliphatic carbocycles. The van der Waals surface area contributed by atoms with Gasteiger partial charge in [-0.05, 0) is 42.5 Å². The van der Waals surface area contributed by atoms with E-state index >= 15 is 0 Å². The maximum Gasteiger partial charge on any atom is 0.148 e. The third kappa shape index (κ3) is 2.91. The van der Waals surface area contributed by atoms with Gasteiger partial charge in [0.05, 0.1) is 5.69 Å². The number of hydrogen-bond acceptors (Lipinski definition) is 1. The third-order valence-electron chi connectivity index (χ3n) is 3.18. The third-order valence-corrected chi connectivity index (χ3v) is 3.41. The molecule has 0 saturated carbocycles. The second-order valence-electron chi connectivity index (χ2n) is 4.60. The minimum absolute atomic E-state index is 0.352. The summed E-state index contributed by atoms with van der Waals surface area (Å²) in [5.74, 6) is -0.352. The first-order valence-electron chi connectivity index (χ1n) is 6.61. The van der Waals surface area contributed by atoms with Crippen LogP contribution < -0.4 is 4.90 Å². The Balaban J connectivity index is 2.17. The zero-order valence-corrected chi connectivity index (χ0v) is 12.0. The molecule has 3 heteroatoms. The summed E-state index contributed by atoms with van der Waals surface area (Å²) in [7, 11) is 0. The van der Waals surface area contributed by atoms with Crippen molar-refractivity contribution >= 4 is 28.7 Å². The fraction of sp³-hybridized carbons (Fsp3) is 0. The highest BCUT2D eigenvalue weighted by molar-refractivity contribution is 6.30. The van der Waals surface area contributed by atoms with E-state index in [4.69, 9.17) is 11.6 Å². The lowest BCUT2D eigenvalue weighted by Crippen LogP contribution is -2.11. The first kappa shape index (κ1) is 13.7. The molecule has 0 bridgehead atoms. The van der Waals surface area contributed by atoms with Gasteiger partial charge >= 0.3 is 0 Å². The fourth-order valence-corrected chi connectivity index (χ4v) is 2.40. The summed E-state index contributed by atoms with van der Waals surface area (Å²) in [5.41, 5.74) is 2.26. The predicted molar refractivity (Wildman–Crippen MR) is 86.1 cm³/mol. The molecule has 0 heterocycles. The number of para-hydroxylation sites is 2. The summed E-state index contributed by atoms with van der Waals surface area (Å²) in [6.07, 6.45) is 0. The second kappa shape index (κ2) is 5.98. The van der Waals surface area contributed by atoms with Crippen molar-refractivity contribution in [3.63, 3.8) is 0 Å². The summed E-state index contributed by atoms with van der Waals surface area (Å²) in [5, 5.41) is 0.386. The summed E-state index contributed by atoms with van der Waals surface area (Å²) >= 11 is 5.86. The molecule has 0 aromatic heterocycles. The smallest absolute Gasteiger partial charge is 0.148 e. The molecule has 0 aliphatic rings. The van der Waals surface area contributed by atoms with Crippen LogP contribution in [-0.4, -0.2) is 0 Å². The van der Waals surface area contributed by atoms with Gasteiger partial charge in [0.25, 0.3) is 0 Å². The van der Waals surface area contributed by atoms with E-state index in [1.807, 2.05) is 65.6 Å². The van der Waals surface area contributed by atoms with Gasteiger partial charge in [0, 0.05) is 16.4 Å². The molecule has 3 aromatic carbocycles. The van der Waals surface area contributed by atoms with E-state index in [0.29, 0.717) is 10.7 Å². The molecule has 0 atom stereocenters. The van der Waals surface area contributed by atoms with Gasteiger partial charge in [0.15, 0.2) is 0 Å². The first-order chi connectivity index (χ1) is 10.3. The molecule has 0 radical (unpaired) electrons. The van der Waals surface area contributed by atoms with Crippen molar-refractivity contribution in [1.29, 1.82) is 0 Å². The molecule has 104 valence electrons. The van der Waals surface area contributed by atoms with Crippen LogP contribution in [0.1, 0.15) is 0 Å². The molecule has 0 unspecified atom stereocenters. The van der Waals surface area contributed by atoms with Crippen LogP contribution in [0.15, 0.2) is 78.9 Å². The van der Waals surface area contributed by atoms with Crippen LogP contribution >= 0.6 is 11.6 Å². The lowest BCUT2D eigenvalue weighted by molar-refractivity contribution is 0.629. The Bertz CT molecular complexity index is 689. The maximum absolute atomic E-state index is 14.3. The van der Waals surface area contributed by atoms with Crippen LogP contribution in [0.5, 0.6) is 0 Å². The number of anilines is 3. The normalized spacial score (nSPS) is 10.4. The average molecular weight is 298 g/mol. The van der Waals surface area contributed by atoms with Crippen LogP contribution in [0, 0.1) is 5.82 Å². The molecule has 0 N–H and O–H groups in total. The van der Waals surface area contributed by atoms with Crippen LogP contribution in [0.3, 0.4) is 0 Å². The molecule has 0 amide bonds. The van der Waals surface area contributed by atoms with Crippen molar-refractivity contribution in [2.45, 2.75) is 0 Å². The average Bonchev–Trinajstić information content (AvgIpc) is 2.52. The Morgan fingerprint density at radius 2 is 1.24 bits per heavy atom. The molecule has 0 saturated heterocycles. The minimum Gasteiger partial charge on any atom is -0.308 e. The zero-order chi connectivity index (χ0) is 14.7. The molecule has 3 aromatic rings. The number of rotatable bonds is 3. The van der Waals surface area contributed by atoms with Crippen LogP contribution in [-0.2, 0) is 0 Å². The zero-order valence-electron chi connectivity index (χ0n) is 11.2. The molecular weight excluding hydrogens is 285 g/mol. The first-order valence-corrected chi connectivity index (χ1v) is 6.99. The molecule has 3 rings (SSSR count). The predicted octanol–water partition coefficient (Wildman–Crippen LogP) is 5.95. The molecule has 21 heavy (non-hydrogen) atoms. The Labute approximate surface area is 128 Å². The van der Waals surface area contributed by atoms with E-state index in [1.54, 1.807) is 12.1 Å². The van der Waals surface area contributed by atoms with Gasteiger partial charge < -0.3 is 4.90 Å². The fourth-order valence-electron chi connectivity index (χ4n) is 2.24. The van der Waals surface area contributed by atoms with Crippen molar-refractivity contribution in [3.05, 3.63) is 89.7 Å². The standard InChI is InChI=1S/C18H13ClFN/c19-14-11-12-18(17(20)13-14)21(15-7-3-1-4-8-15)16-9-5-2-6-10-16/h1-13H. The van der Waals surface area contributed by atoms with Gasteiger partial charge in [-0.3, -0.25) is 0 Å². The molecule has 1 nitrogen and oxygen atoms in total. The van der Waals surface area contributed by atoms with Gasteiger partial charge in [-0.2, -0.15) is 0 Å². The van der Waals surface area contributed by atoms with Crippen molar-refractivity contribution in [1.82, 2.24) is 0 Å². The van der Waals surface area contributed by atoms with Crippen LogP contribution in [0.4, 0.5) is 21.5 Å². The lowest BCUT2D eigenvalue weighted by atomic mass is 10.2. The van der Waals surface area contributed by atoms with E-state index in [-0.39, 0.29) is 5.82 Å². The highest BCUT2D eigenvalue weighted by Gasteiger charge is 2.15. The van der Waals surface area contributed by atoms with Crippen molar-refractivity contribution in [2.24, 2.45) is 0 Å². The van der Waals surface area contributed by atoms with E-state index < -0.39 is 0 Å². The lowest BCUT2D eigenvalue weighted by Gasteiger charge is -2.25. The van der Waals surface area contributed by atoms with Crippen molar-refractivity contribution < 1.29 is 4.39 Å². The van der Waals surface area contributed by atoms with Crippen molar-refractivity contribution in [2.75, 3.05) is 4.90 Å². The van der Waals surface area contributed by atoms with Gasteiger partial charge in [-0.25, -0.2) is 4.39 Å². The van der Waals surface area contributed by atoms with Gasteiger partial charge in [-0.1, -0.05) is 48.0 Å². The highest BCUT2D eigenvalue weighted by Crippen LogP contribution is 2.36. The van der Waals surface area contributed by atoms with Gasteiger partial charge in [0.2, 0.25) is 0 Å². The Morgan fingerprint density at radius 3 is 1.71 bits per heavy atom. The maximum atomic E-state index is 14.3. The van der Waals surface area contributed by atoms with Crippen LogP contribution in [0.2, 0.25) is 5.02 Å². The summed E-state index contributed by atoms with van der Waals surface area (Å²) in [6, 6.07) is 24.1. The van der Waals surface area contributed by atoms with Crippen molar-refractivity contribution in [3.8, 4) is 0 Å². The Hall–Kier alpha value is -2.32. The molecule has 0 fully saturated rings. The minimum atomic E-state index is -0.352. The summed E-state index contributed by atoms with van der Waals surface area (Å²) < 4.78 is 14.3. The van der Waals surface area contributed by atoms with E-state index in [1.165, 1.54) is 6.07 Å². The van der Waals surface area contributed by atoms with Gasteiger partial charge in [0.1, 0.15) is 5.82 Å². The highest BCUT2D eigenvalue weighted by atomic mass is 35.5. The molecule has 0 aliphatic heterocycles. The molecule has 0 spiro atoms.